The lowest BCUT2D eigenvalue weighted by molar-refractivity contribution is -0.161. The average Bonchev–Trinajstić information content (AvgIpc) is 2.93. The van der Waals surface area contributed by atoms with Crippen molar-refractivity contribution in [1.29, 1.82) is 0 Å². The van der Waals surface area contributed by atoms with E-state index in [-0.39, 0.29) is 17.9 Å². The molecule has 0 saturated heterocycles. The van der Waals surface area contributed by atoms with Gasteiger partial charge in [0.25, 0.3) is 5.56 Å². The summed E-state index contributed by atoms with van der Waals surface area (Å²) in [4.78, 5) is 26.5. The zero-order valence-electron chi connectivity index (χ0n) is 24.2. The summed E-state index contributed by atoms with van der Waals surface area (Å²) in [6, 6.07) is 11.9. The van der Waals surface area contributed by atoms with E-state index < -0.39 is 34.9 Å². The summed E-state index contributed by atoms with van der Waals surface area (Å²) in [5.74, 6) is -1.54. The number of carbonyl (C=O) groups is 1. The van der Waals surface area contributed by atoms with Gasteiger partial charge in [0.15, 0.2) is 6.10 Å². The third-order valence-electron chi connectivity index (χ3n) is 7.42. The number of carboxylic acids is 1. The number of nitrogens with zero attached hydrogens (tertiary/aromatic N) is 1. The molecule has 0 fully saturated rings. The van der Waals surface area contributed by atoms with E-state index in [1.54, 1.807) is 39.0 Å². The Bertz CT molecular complexity index is 1750. The van der Waals surface area contributed by atoms with Gasteiger partial charge in [-0.3, -0.25) is 4.79 Å². The van der Waals surface area contributed by atoms with Gasteiger partial charge < -0.3 is 23.9 Å². The van der Waals surface area contributed by atoms with Crippen molar-refractivity contribution in [2.75, 3.05) is 6.61 Å². The first-order valence-corrected chi connectivity index (χ1v) is 13.8. The third kappa shape index (κ3) is 5.61. The van der Waals surface area contributed by atoms with E-state index in [1.807, 2.05) is 19.1 Å². The van der Waals surface area contributed by atoms with Crippen LogP contribution in [0.2, 0.25) is 0 Å². The highest BCUT2D eigenvalue weighted by molar-refractivity contribution is 6.00. The molecule has 220 valence electrons. The van der Waals surface area contributed by atoms with Crippen molar-refractivity contribution in [2.45, 2.75) is 58.8 Å². The van der Waals surface area contributed by atoms with Crippen LogP contribution in [0.5, 0.6) is 11.5 Å². The first kappa shape index (κ1) is 29.3. The summed E-state index contributed by atoms with van der Waals surface area (Å²) < 4.78 is 46.5. The Labute approximate surface area is 242 Å². The van der Waals surface area contributed by atoms with Crippen LogP contribution in [0.15, 0.2) is 53.3 Å². The molecule has 2 heterocycles. The molecule has 5 rings (SSSR count). The van der Waals surface area contributed by atoms with Crippen LogP contribution >= 0.6 is 0 Å². The largest absolute Gasteiger partial charge is 0.493 e. The highest BCUT2D eigenvalue weighted by atomic mass is 19.1. The predicted octanol–water partition coefficient (Wildman–Crippen LogP) is 6.64. The number of rotatable bonds is 7. The lowest BCUT2D eigenvalue weighted by Crippen LogP contribution is -2.33. The van der Waals surface area contributed by atoms with Crippen molar-refractivity contribution in [3.8, 4) is 22.6 Å². The van der Waals surface area contributed by atoms with Crippen molar-refractivity contribution < 1.29 is 32.9 Å². The molecule has 1 N–H and O–H groups in total. The van der Waals surface area contributed by atoms with Gasteiger partial charge in [-0.25, -0.2) is 13.6 Å². The van der Waals surface area contributed by atoms with Gasteiger partial charge in [-0.1, -0.05) is 6.07 Å². The number of aromatic nitrogens is 1. The Morgan fingerprint density at radius 3 is 2.55 bits per heavy atom. The molecule has 3 aromatic carbocycles. The quantitative estimate of drug-likeness (QED) is 0.265. The molecule has 4 aromatic rings. The minimum absolute atomic E-state index is 0.163. The average molecular weight is 578 g/mol. The first-order chi connectivity index (χ1) is 19.9. The molecular formula is C33H33F2NO6. The van der Waals surface area contributed by atoms with Crippen molar-refractivity contribution in [3.05, 3.63) is 92.9 Å². The Kier molecular flexibility index (Phi) is 7.81. The van der Waals surface area contributed by atoms with Crippen molar-refractivity contribution >= 4 is 16.7 Å². The van der Waals surface area contributed by atoms with Gasteiger partial charge in [-0.2, -0.15) is 0 Å². The van der Waals surface area contributed by atoms with E-state index >= 15 is 0 Å². The fourth-order valence-electron chi connectivity index (χ4n) is 5.45. The number of ether oxygens (including phenoxy) is 3. The number of hydrogen-bond acceptors (Lipinski definition) is 5. The van der Waals surface area contributed by atoms with Crippen LogP contribution in [-0.4, -0.2) is 27.9 Å². The number of benzene rings is 3. The second-order valence-electron chi connectivity index (χ2n) is 11.5. The maximum atomic E-state index is 14.2. The van der Waals surface area contributed by atoms with Crippen molar-refractivity contribution in [1.82, 2.24) is 4.57 Å². The van der Waals surface area contributed by atoms with E-state index in [1.165, 1.54) is 17.7 Å². The van der Waals surface area contributed by atoms with E-state index in [2.05, 4.69) is 0 Å². The second kappa shape index (κ2) is 11.2. The number of carboxylic acid groups (broad SMARTS) is 1. The number of fused-ring (bicyclic) bond motifs is 2. The molecule has 0 spiro atoms. The summed E-state index contributed by atoms with van der Waals surface area (Å²) in [5, 5.41) is 11.2. The minimum Gasteiger partial charge on any atom is -0.493 e. The molecule has 0 radical (unpaired) electrons. The lowest BCUT2D eigenvalue weighted by atomic mass is 9.88. The smallest absolute Gasteiger partial charge is 0.339 e. The lowest BCUT2D eigenvalue weighted by Gasteiger charge is -2.29. The van der Waals surface area contributed by atoms with Crippen LogP contribution in [0.3, 0.4) is 0 Å². The van der Waals surface area contributed by atoms with E-state index in [9.17, 15) is 23.5 Å². The Morgan fingerprint density at radius 2 is 1.86 bits per heavy atom. The molecule has 0 aliphatic carbocycles. The Hall–Kier alpha value is -4.24. The van der Waals surface area contributed by atoms with Crippen LogP contribution in [0, 0.1) is 18.6 Å². The molecule has 1 aliphatic heterocycles. The zero-order valence-corrected chi connectivity index (χ0v) is 24.2. The summed E-state index contributed by atoms with van der Waals surface area (Å²) in [6.07, 6.45) is 0.233. The number of halogens is 2. The first-order valence-electron chi connectivity index (χ1n) is 13.8. The van der Waals surface area contributed by atoms with Gasteiger partial charge in [0.2, 0.25) is 0 Å². The van der Waals surface area contributed by atoms with Gasteiger partial charge in [0.1, 0.15) is 29.7 Å². The van der Waals surface area contributed by atoms with Gasteiger partial charge in [0, 0.05) is 24.2 Å². The van der Waals surface area contributed by atoms with E-state index in [0.717, 1.165) is 47.4 Å². The van der Waals surface area contributed by atoms with E-state index in [0.29, 0.717) is 28.7 Å². The molecule has 1 aromatic heterocycles. The van der Waals surface area contributed by atoms with Gasteiger partial charge in [-0.15, -0.1) is 0 Å². The van der Waals surface area contributed by atoms with E-state index in [4.69, 9.17) is 14.2 Å². The molecule has 0 bridgehead atoms. The van der Waals surface area contributed by atoms with Crippen molar-refractivity contribution in [2.24, 2.45) is 7.05 Å². The SMILES string of the molecule is Cc1c(-c2c(C(OC(C)(C)C)C(=O)O)n(C)c(=O)c3cc(OCc4ccc(F)cc4F)ccc23)ccc2c1CCCO2. The number of hydrogen-bond donors (Lipinski definition) is 1. The fourth-order valence-corrected chi connectivity index (χ4v) is 5.45. The molecular weight excluding hydrogens is 544 g/mol. The van der Waals surface area contributed by atoms with Crippen LogP contribution in [-0.2, 0) is 29.6 Å². The molecule has 1 unspecified atom stereocenters. The molecule has 42 heavy (non-hydrogen) atoms. The summed E-state index contributed by atoms with van der Waals surface area (Å²) >= 11 is 0. The Morgan fingerprint density at radius 1 is 1.10 bits per heavy atom. The van der Waals surface area contributed by atoms with Crippen LogP contribution in [0.1, 0.15) is 55.7 Å². The van der Waals surface area contributed by atoms with Gasteiger partial charge in [-0.05, 0) is 99.0 Å². The molecule has 0 amide bonds. The highest BCUT2D eigenvalue weighted by Gasteiger charge is 2.34. The summed E-state index contributed by atoms with van der Waals surface area (Å²) in [6.45, 7) is 7.71. The van der Waals surface area contributed by atoms with Crippen molar-refractivity contribution in [3.63, 3.8) is 0 Å². The predicted molar refractivity (Wildman–Crippen MR) is 155 cm³/mol. The maximum Gasteiger partial charge on any atom is 0.339 e. The molecule has 1 aliphatic rings. The number of pyridine rings is 1. The topological polar surface area (TPSA) is 87.0 Å². The van der Waals surface area contributed by atoms with Gasteiger partial charge in [0.05, 0.1) is 23.3 Å². The molecule has 9 heteroatoms. The Balaban J connectivity index is 1.73. The summed E-state index contributed by atoms with van der Waals surface area (Å²) in [5.41, 5.74) is 2.42. The second-order valence-corrected chi connectivity index (χ2v) is 11.5. The zero-order chi connectivity index (χ0) is 30.3. The van der Waals surface area contributed by atoms with Crippen LogP contribution in [0.4, 0.5) is 8.78 Å². The fraction of sp³-hybridized carbons (Fsp3) is 0.333. The van der Waals surface area contributed by atoms with Crippen LogP contribution < -0.4 is 15.0 Å². The standard InChI is InChI=1S/C33H33F2NO6/c1-18-22-7-6-14-40-27(22)13-12-23(18)28-24-11-10-21(41-17-19-8-9-20(34)15-26(19)35)16-25(24)31(37)36(5)29(28)30(32(38)39)42-33(2,3)4/h8-13,15-16,30H,6-7,14,17H2,1-5H3,(H,38,39). The normalized spacial score (nSPS) is 13.9. The monoisotopic (exact) mass is 577 g/mol. The van der Waals surface area contributed by atoms with Crippen LogP contribution in [0.25, 0.3) is 21.9 Å². The molecule has 0 saturated carbocycles. The maximum absolute atomic E-state index is 14.2. The molecule has 7 nitrogen and oxygen atoms in total. The molecule has 1 atom stereocenters. The summed E-state index contributed by atoms with van der Waals surface area (Å²) in [7, 11) is 1.53. The minimum atomic E-state index is -1.44. The third-order valence-corrected chi connectivity index (χ3v) is 7.42. The highest BCUT2D eigenvalue weighted by Crippen LogP contribution is 2.42. The van der Waals surface area contributed by atoms with Gasteiger partial charge >= 0.3 is 5.97 Å². The number of aliphatic carboxylic acids is 1.